The average molecular weight is 276 g/mol. The molecule has 20 heavy (non-hydrogen) atoms. The van der Waals surface area contributed by atoms with Gasteiger partial charge in [-0.3, -0.25) is 4.79 Å². The number of hydrogen-bond donors (Lipinski definition) is 1. The van der Waals surface area contributed by atoms with Gasteiger partial charge in [-0.1, -0.05) is 18.2 Å². The van der Waals surface area contributed by atoms with E-state index < -0.39 is 11.6 Å². The van der Waals surface area contributed by atoms with Crippen LogP contribution in [-0.2, 0) is 4.79 Å². The largest absolute Gasteiger partial charge is 0.365 e. The van der Waals surface area contributed by atoms with Crippen molar-refractivity contribution in [3.63, 3.8) is 0 Å². The number of carbonyl (C=O) groups is 1. The van der Waals surface area contributed by atoms with Crippen LogP contribution in [0.1, 0.15) is 0 Å². The summed E-state index contributed by atoms with van der Waals surface area (Å²) in [7, 11) is 1.76. The molecule has 2 aromatic rings. The van der Waals surface area contributed by atoms with E-state index >= 15 is 0 Å². The fourth-order valence-corrected chi connectivity index (χ4v) is 1.82. The van der Waals surface area contributed by atoms with Crippen molar-refractivity contribution in [2.24, 2.45) is 0 Å². The molecular formula is C15H14F2N2O. The molecule has 1 amide bonds. The Bertz CT molecular complexity index is 582. The highest BCUT2D eigenvalue weighted by molar-refractivity contribution is 5.94. The van der Waals surface area contributed by atoms with Gasteiger partial charge >= 0.3 is 0 Å². The van der Waals surface area contributed by atoms with Gasteiger partial charge in [0.25, 0.3) is 0 Å². The van der Waals surface area contributed by atoms with E-state index in [9.17, 15) is 13.6 Å². The van der Waals surface area contributed by atoms with Crippen LogP contribution in [0.25, 0.3) is 0 Å². The molecule has 5 heteroatoms. The van der Waals surface area contributed by atoms with Crippen LogP contribution in [-0.4, -0.2) is 19.5 Å². The van der Waals surface area contributed by atoms with Gasteiger partial charge in [-0.15, -0.1) is 0 Å². The lowest BCUT2D eigenvalue weighted by atomic mass is 10.3. The number of anilines is 2. The van der Waals surface area contributed by atoms with Gasteiger partial charge in [0, 0.05) is 24.5 Å². The summed E-state index contributed by atoms with van der Waals surface area (Å²) in [5.74, 6) is -1.80. The van der Waals surface area contributed by atoms with Crippen molar-refractivity contribution in [2.45, 2.75) is 0 Å². The second-order valence-corrected chi connectivity index (χ2v) is 4.40. The average Bonchev–Trinajstić information content (AvgIpc) is 2.38. The summed E-state index contributed by atoms with van der Waals surface area (Å²) >= 11 is 0. The molecule has 0 fully saturated rings. The van der Waals surface area contributed by atoms with E-state index in [0.29, 0.717) is 0 Å². The third-order valence-corrected chi connectivity index (χ3v) is 2.72. The van der Waals surface area contributed by atoms with Crippen molar-refractivity contribution in [2.75, 3.05) is 23.8 Å². The van der Waals surface area contributed by atoms with E-state index in [0.717, 1.165) is 23.9 Å². The summed E-state index contributed by atoms with van der Waals surface area (Å²) in [4.78, 5) is 13.6. The first kappa shape index (κ1) is 14.0. The van der Waals surface area contributed by atoms with Crippen LogP contribution >= 0.6 is 0 Å². The highest BCUT2D eigenvalue weighted by Gasteiger charge is 2.09. The quantitative estimate of drug-likeness (QED) is 0.931. The van der Waals surface area contributed by atoms with Crippen LogP contribution in [0.4, 0.5) is 20.2 Å². The maximum absolute atomic E-state index is 13.0. The van der Waals surface area contributed by atoms with E-state index in [4.69, 9.17) is 0 Å². The van der Waals surface area contributed by atoms with Crippen molar-refractivity contribution < 1.29 is 13.6 Å². The Morgan fingerprint density at radius 1 is 1.10 bits per heavy atom. The minimum Gasteiger partial charge on any atom is -0.365 e. The van der Waals surface area contributed by atoms with Crippen LogP contribution in [0, 0.1) is 11.6 Å². The number of rotatable bonds is 4. The van der Waals surface area contributed by atoms with Crippen LogP contribution in [0.5, 0.6) is 0 Å². The fraction of sp³-hybridized carbons (Fsp3) is 0.133. The molecule has 0 atom stereocenters. The van der Waals surface area contributed by atoms with E-state index in [1.807, 2.05) is 30.3 Å². The maximum atomic E-state index is 13.0. The molecule has 0 aliphatic heterocycles. The second kappa shape index (κ2) is 6.14. The van der Waals surface area contributed by atoms with Crippen LogP contribution in [0.3, 0.4) is 0 Å². The molecular weight excluding hydrogens is 262 g/mol. The zero-order valence-corrected chi connectivity index (χ0v) is 10.9. The van der Waals surface area contributed by atoms with Gasteiger partial charge in [0.2, 0.25) is 5.91 Å². The molecule has 1 N–H and O–H groups in total. The molecule has 104 valence electrons. The third kappa shape index (κ3) is 3.78. The lowest BCUT2D eigenvalue weighted by Crippen LogP contribution is -2.30. The summed E-state index contributed by atoms with van der Waals surface area (Å²) in [5.41, 5.74) is 0.988. The number of amides is 1. The summed E-state index contributed by atoms with van der Waals surface area (Å²) in [6, 6.07) is 12.3. The van der Waals surface area contributed by atoms with Crippen LogP contribution < -0.4 is 10.2 Å². The van der Waals surface area contributed by atoms with Crippen molar-refractivity contribution in [3.8, 4) is 0 Å². The number of nitrogens with zero attached hydrogens (tertiary/aromatic N) is 1. The molecule has 0 heterocycles. The summed E-state index contributed by atoms with van der Waals surface area (Å²) in [5, 5.41) is 2.46. The molecule has 0 aliphatic rings. The molecule has 0 radical (unpaired) electrons. The lowest BCUT2D eigenvalue weighted by Gasteiger charge is -2.18. The summed E-state index contributed by atoms with van der Waals surface area (Å²) in [6.45, 7) is 0.0855. The third-order valence-electron chi connectivity index (χ3n) is 2.72. The SMILES string of the molecule is CN(CC(=O)Nc1cc(F)cc(F)c1)c1ccccc1. The minimum absolute atomic E-state index is 0.0855. The number of hydrogen-bond acceptors (Lipinski definition) is 2. The standard InChI is InChI=1S/C15H14F2N2O/c1-19(14-5-3-2-4-6-14)10-15(20)18-13-8-11(16)7-12(17)9-13/h2-9H,10H2,1H3,(H,18,20). The van der Waals surface area contributed by atoms with Gasteiger partial charge in [0.1, 0.15) is 11.6 Å². The van der Waals surface area contributed by atoms with Gasteiger partial charge in [-0.2, -0.15) is 0 Å². The van der Waals surface area contributed by atoms with Crippen molar-refractivity contribution in [1.82, 2.24) is 0 Å². The molecule has 0 unspecified atom stereocenters. The topological polar surface area (TPSA) is 32.3 Å². The Kier molecular flexibility index (Phi) is 4.30. The van der Waals surface area contributed by atoms with Gasteiger partial charge in [0.05, 0.1) is 6.54 Å². The predicted molar refractivity (Wildman–Crippen MR) is 74.7 cm³/mol. The number of carbonyl (C=O) groups excluding carboxylic acids is 1. The Morgan fingerprint density at radius 3 is 2.30 bits per heavy atom. The van der Waals surface area contributed by atoms with Crippen molar-refractivity contribution >= 4 is 17.3 Å². The lowest BCUT2D eigenvalue weighted by molar-refractivity contribution is -0.114. The van der Waals surface area contributed by atoms with Gasteiger partial charge in [-0.05, 0) is 24.3 Å². The summed E-state index contributed by atoms with van der Waals surface area (Å²) in [6.07, 6.45) is 0. The first-order chi connectivity index (χ1) is 9.54. The second-order valence-electron chi connectivity index (χ2n) is 4.40. The molecule has 0 bridgehead atoms. The number of para-hydroxylation sites is 1. The van der Waals surface area contributed by atoms with E-state index in [-0.39, 0.29) is 18.1 Å². The molecule has 0 aliphatic carbocycles. The Morgan fingerprint density at radius 2 is 1.70 bits per heavy atom. The number of nitrogens with one attached hydrogen (secondary N) is 1. The highest BCUT2D eigenvalue weighted by atomic mass is 19.1. The number of benzene rings is 2. The molecule has 0 spiro atoms. The molecule has 0 saturated carbocycles. The fourth-order valence-electron chi connectivity index (χ4n) is 1.82. The van der Waals surface area contributed by atoms with Crippen molar-refractivity contribution in [3.05, 3.63) is 60.2 Å². The molecule has 0 aromatic heterocycles. The first-order valence-corrected chi connectivity index (χ1v) is 6.07. The molecule has 2 aromatic carbocycles. The smallest absolute Gasteiger partial charge is 0.243 e. The molecule has 2 rings (SSSR count). The van der Waals surface area contributed by atoms with Crippen molar-refractivity contribution in [1.29, 1.82) is 0 Å². The van der Waals surface area contributed by atoms with Crippen LogP contribution in [0.2, 0.25) is 0 Å². The van der Waals surface area contributed by atoms with E-state index in [1.165, 1.54) is 0 Å². The minimum atomic E-state index is -0.725. The maximum Gasteiger partial charge on any atom is 0.243 e. The number of likely N-dealkylation sites (N-methyl/N-ethyl adjacent to an activating group) is 1. The van der Waals surface area contributed by atoms with Gasteiger partial charge in [-0.25, -0.2) is 8.78 Å². The Labute approximate surface area is 115 Å². The number of halogens is 2. The van der Waals surface area contributed by atoms with Crippen LogP contribution in [0.15, 0.2) is 48.5 Å². The monoisotopic (exact) mass is 276 g/mol. The van der Waals surface area contributed by atoms with Gasteiger partial charge in [0.15, 0.2) is 0 Å². The molecule has 0 saturated heterocycles. The van der Waals surface area contributed by atoms with E-state index in [1.54, 1.807) is 11.9 Å². The zero-order chi connectivity index (χ0) is 14.5. The predicted octanol–water partition coefficient (Wildman–Crippen LogP) is 3.04. The van der Waals surface area contributed by atoms with Gasteiger partial charge < -0.3 is 10.2 Å². The Hall–Kier alpha value is -2.43. The first-order valence-electron chi connectivity index (χ1n) is 6.07. The summed E-state index contributed by atoms with van der Waals surface area (Å²) < 4.78 is 26.0. The highest BCUT2D eigenvalue weighted by Crippen LogP contribution is 2.14. The zero-order valence-electron chi connectivity index (χ0n) is 10.9. The Balaban J connectivity index is 1.99. The molecule has 3 nitrogen and oxygen atoms in total. The normalized spacial score (nSPS) is 10.2. The van der Waals surface area contributed by atoms with E-state index in [2.05, 4.69) is 5.32 Å².